The number of anilines is 3. The lowest BCUT2D eigenvalue weighted by Crippen LogP contribution is -2.37. The highest BCUT2D eigenvalue weighted by atomic mass is 16.5. The zero-order valence-electron chi connectivity index (χ0n) is 23.5. The molecule has 3 N–H and O–H groups in total. The minimum atomic E-state index is -0.341. The van der Waals surface area contributed by atoms with Crippen molar-refractivity contribution in [1.29, 1.82) is 0 Å². The Morgan fingerprint density at radius 3 is 2.45 bits per heavy atom. The molecule has 2 saturated heterocycles. The van der Waals surface area contributed by atoms with Gasteiger partial charge in [0.25, 0.3) is 5.91 Å². The fourth-order valence-electron chi connectivity index (χ4n) is 5.74. The van der Waals surface area contributed by atoms with E-state index in [0.29, 0.717) is 23.7 Å². The van der Waals surface area contributed by atoms with Crippen molar-refractivity contribution in [2.45, 2.75) is 52.1 Å². The van der Waals surface area contributed by atoms with Crippen molar-refractivity contribution in [3.63, 3.8) is 0 Å². The molecule has 7 nitrogen and oxygen atoms in total. The molecule has 0 aromatic heterocycles. The van der Waals surface area contributed by atoms with Crippen molar-refractivity contribution >= 4 is 29.0 Å². The summed E-state index contributed by atoms with van der Waals surface area (Å²) in [5.74, 6) is 0.487. The van der Waals surface area contributed by atoms with Crippen molar-refractivity contribution in [2.24, 2.45) is 5.92 Å². The summed E-state index contributed by atoms with van der Waals surface area (Å²) < 4.78 is 5.71. The van der Waals surface area contributed by atoms with Gasteiger partial charge >= 0.3 is 6.03 Å². The van der Waals surface area contributed by atoms with E-state index in [-0.39, 0.29) is 18.0 Å². The normalized spacial score (nSPS) is 17.4. The van der Waals surface area contributed by atoms with Crippen LogP contribution in [0, 0.1) is 19.8 Å². The van der Waals surface area contributed by atoms with Gasteiger partial charge in [0.05, 0.1) is 11.7 Å². The number of urea groups is 1. The quantitative estimate of drug-likeness (QED) is 0.312. The molecule has 0 aliphatic carbocycles. The molecule has 1 unspecified atom stereocenters. The van der Waals surface area contributed by atoms with E-state index < -0.39 is 0 Å². The SMILES string of the molecule is Cc1ccc(NC(=O)Nc2ccc(N3CCC(Cc4ccccc4)CC3)c(C(=O)NCC3CCCO3)c2)c(C)c1. The van der Waals surface area contributed by atoms with Crippen LogP contribution in [0.3, 0.4) is 0 Å². The molecule has 0 bridgehead atoms. The number of hydrogen-bond donors (Lipinski definition) is 3. The van der Waals surface area contributed by atoms with Crippen molar-refractivity contribution in [2.75, 3.05) is 41.8 Å². The molecule has 3 aromatic rings. The number of rotatable bonds is 8. The van der Waals surface area contributed by atoms with E-state index >= 15 is 0 Å². The molecular weight excluding hydrogens is 500 g/mol. The van der Waals surface area contributed by atoms with Gasteiger partial charge in [0.1, 0.15) is 0 Å². The number of carbonyl (C=O) groups is 2. The van der Waals surface area contributed by atoms with Crippen LogP contribution < -0.4 is 20.9 Å². The third-order valence-corrected chi connectivity index (χ3v) is 7.97. The molecule has 3 aromatic carbocycles. The smallest absolute Gasteiger partial charge is 0.323 e. The zero-order valence-corrected chi connectivity index (χ0v) is 23.5. The largest absolute Gasteiger partial charge is 0.376 e. The molecule has 2 aliphatic rings. The van der Waals surface area contributed by atoms with Gasteiger partial charge in [-0.2, -0.15) is 0 Å². The van der Waals surface area contributed by atoms with Crippen LogP contribution in [0.2, 0.25) is 0 Å². The van der Waals surface area contributed by atoms with Gasteiger partial charge in [-0.1, -0.05) is 48.0 Å². The molecule has 3 amide bonds. The first-order valence-corrected chi connectivity index (χ1v) is 14.4. The van der Waals surface area contributed by atoms with E-state index in [0.717, 1.165) is 74.3 Å². The Morgan fingerprint density at radius 2 is 1.73 bits per heavy atom. The summed E-state index contributed by atoms with van der Waals surface area (Å²) in [5, 5.41) is 8.91. The molecule has 7 heteroatoms. The second-order valence-electron chi connectivity index (χ2n) is 11.1. The molecule has 40 heavy (non-hydrogen) atoms. The number of amides is 3. The highest BCUT2D eigenvalue weighted by Gasteiger charge is 2.25. The number of piperidine rings is 1. The molecule has 2 heterocycles. The van der Waals surface area contributed by atoms with Gasteiger partial charge in [-0.3, -0.25) is 4.79 Å². The summed E-state index contributed by atoms with van der Waals surface area (Å²) in [6.45, 7) is 7.01. The first-order chi connectivity index (χ1) is 19.4. The average molecular weight is 541 g/mol. The number of carbonyl (C=O) groups excluding carboxylic acids is 2. The monoisotopic (exact) mass is 540 g/mol. The summed E-state index contributed by atoms with van der Waals surface area (Å²) in [4.78, 5) is 28.6. The lowest BCUT2D eigenvalue weighted by Gasteiger charge is -2.35. The van der Waals surface area contributed by atoms with Crippen molar-refractivity contribution in [3.8, 4) is 0 Å². The Kier molecular flexibility index (Phi) is 9.01. The second-order valence-corrected chi connectivity index (χ2v) is 11.1. The third kappa shape index (κ3) is 7.21. The maximum absolute atomic E-state index is 13.5. The molecular formula is C33H40N4O3. The van der Waals surface area contributed by atoms with Crippen molar-refractivity contribution in [1.82, 2.24) is 5.32 Å². The third-order valence-electron chi connectivity index (χ3n) is 7.97. The molecule has 0 saturated carbocycles. The summed E-state index contributed by atoms with van der Waals surface area (Å²) in [5.41, 5.74) is 6.33. The number of ether oxygens (including phenoxy) is 1. The molecule has 2 fully saturated rings. The van der Waals surface area contributed by atoms with Crippen LogP contribution in [0.4, 0.5) is 21.9 Å². The summed E-state index contributed by atoms with van der Waals surface area (Å²) >= 11 is 0. The zero-order chi connectivity index (χ0) is 27.9. The highest BCUT2D eigenvalue weighted by Crippen LogP contribution is 2.30. The Bertz CT molecular complexity index is 1310. The number of nitrogens with one attached hydrogen (secondary N) is 3. The van der Waals surface area contributed by atoms with Crippen LogP contribution in [0.1, 0.15) is 52.7 Å². The first-order valence-electron chi connectivity index (χ1n) is 14.4. The Hall–Kier alpha value is -3.84. The number of nitrogens with zero attached hydrogens (tertiary/aromatic N) is 1. The minimum Gasteiger partial charge on any atom is -0.376 e. The second kappa shape index (κ2) is 13.0. The predicted molar refractivity (Wildman–Crippen MR) is 161 cm³/mol. The van der Waals surface area contributed by atoms with Gasteiger partial charge in [0, 0.05) is 43.3 Å². The molecule has 5 rings (SSSR count). The maximum atomic E-state index is 13.5. The first kappa shape index (κ1) is 27.7. The average Bonchev–Trinajstić information content (AvgIpc) is 3.48. The fraction of sp³-hybridized carbons (Fsp3) is 0.394. The molecule has 0 spiro atoms. The fourth-order valence-corrected chi connectivity index (χ4v) is 5.74. The number of aryl methyl sites for hydroxylation is 2. The Morgan fingerprint density at radius 1 is 0.925 bits per heavy atom. The Balaban J connectivity index is 1.28. The van der Waals surface area contributed by atoms with Crippen molar-refractivity contribution < 1.29 is 14.3 Å². The Labute approximate surface area is 237 Å². The molecule has 0 radical (unpaired) electrons. The lowest BCUT2D eigenvalue weighted by molar-refractivity contribution is 0.0858. The van der Waals surface area contributed by atoms with E-state index in [2.05, 4.69) is 51.2 Å². The van der Waals surface area contributed by atoms with Crippen LogP contribution in [-0.2, 0) is 11.2 Å². The number of hydrogen-bond acceptors (Lipinski definition) is 4. The highest BCUT2D eigenvalue weighted by molar-refractivity contribution is 6.04. The van der Waals surface area contributed by atoms with Crippen LogP contribution in [0.15, 0.2) is 66.7 Å². The van der Waals surface area contributed by atoms with Gasteiger partial charge in [-0.15, -0.1) is 0 Å². The molecule has 2 aliphatic heterocycles. The van der Waals surface area contributed by atoms with Crippen molar-refractivity contribution in [3.05, 3.63) is 89.0 Å². The van der Waals surface area contributed by atoms with E-state index in [1.54, 1.807) is 6.07 Å². The molecule has 1 atom stereocenters. The summed E-state index contributed by atoms with van der Waals surface area (Å²) in [6.07, 6.45) is 5.28. The van der Waals surface area contributed by atoms with E-state index in [1.807, 2.05) is 44.2 Å². The minimum absolute atomic E-state index is 0.0611. The van der Waals surface area contributed by atoms with E-state index in [9.17, 15) is 9.59 Å². The van der Waals surface area contributed by atoms with Gasteiger partial charge in [0.2, 0.25) is 0 Å². The maximum Gasteiger partial charge on any atom is 0.323 e. The van der Waals surface area contributed by atoms with Crippen LogP contribution in [0.25, 0.3) is 0 Å². The van der Waals surface area contributed by atoms with Gasteiger partial charge in [-0.25, -0.2) is 4.79 Å². The van der Waals surface area contributed by atoms with Gasteiger partial charge in [-0.05, 0) is 87.3 Å². The summed E-state index contributed by atoms with van der Waals surface area (Å²) in [6, 6.07) is 21.9. The van der Waals surface area contributed by atoms with Crippen LogP contribution in [-0.4, -0.2) is 44.3 Å². The molecule has 210 valence electrons. The predicted octanol–water partition coefficient (Wildman–Crippen LogP) is 6.32. The van der Waals surface area contributed by atoms with Crippen LogP contribution >= 0.6 is 0 Å². The van der Waals surface area contributed by atoms with Gasteiger partial charge < -0.3 is 25.6 Å². The lowest BCUT2D eigenvalue weighted by atomic mass is 9.89. The van der Waals surface area contributed by atoms with E-state index in [4.69, 9.17) is 4.74 Å². The van der Waals surface area contributed by atoms with Gasteiger partial charge in [0.15, 0.2) is 0 Å². The topological polar surface area (TPSA) is 82.7 Å². The summed E-state index contributed by atoms with van der Waals surface area (Å²) in [7, 11) is 0. The van der Waals surface area contributed by atoms with E-state index in [1.165, 1.54) is 5.56 Å². The standard InChI is InChI=1S/C33H40N4O3/c1-23-10-12-30(24(2)19-23)36-33(39)35-27-11-13-31(29(21-27)32(38)34-22-28-9-6-18-40-28)37-16-14-26(15-17-37)20-25-7-4-3-5-8-25/h3-5,7-8,10-13,19,21,26,28H,6,9,14-18,20,22H2,1-2H3,(H,34,38)(H2,35,36,39). The number of benzene rings is 3. The van der Waals surface area contributed by atoms with Crippen LogP contribution in [0.5, 0.6) is 0 Å².